The van der Waals surface area contributed by atoms with Crippen molar-refractivity contribution in [1.82, 2.24) is 5.32 Å². The summed E-state index contributed by atoms with van der Waals surface area (Å²) in [5.41, 5.74) is -0.746. The number of hydrogen-bond donors (Lipinski definition) is 3. The molecule has 0 unspecified atom stereocenters. The van der Waals surface area contributed by atoms with Crippen LogP contribution in [0.15, 0.2) is 30.3 Å². The summed E-state index contributed by atoms with van der Waals surface area (Å²) in [5, 5.41) is 21.4. The molecule has 0 aliphatic heterocycles. The van der Waals surface area contributed by atoms with Gasteiger partial charge in [-0.15, -0.1) is 0 Å². The molecular weight excluding hydrogens is 270 g/mol. The lowest BCUT2D eigenvalue weighted by Gasteiger charge is -2.28. The zero-order valence-electron chi connectivity index (χ0n) is 12.5. The van der Waals surface area contributed by atoms with Gasteiger partial charge in [0, 0.05) is 0 Å². The number of rotatable bonds is 9. The van der Waals surface area contributed by atoms with Crippen molar-refractivity contribution in [1.29, 1.82) is 0 Å². The Balaban J connectivity index is 2.61. The third-order valence-corrected chi connectivity index (χ3v) is 3.36. The van der Waals surface area contributed by atoms with Gasteiger partial charge < -0.3 is 10.2 Å². The summed E-state index contributed by atoms with van der Waals surface area (Å²) >= 11 is 0. The molecule has 1 rings (SSSR count). The number of hydrogen-bond acceptors (Lipinski definition) is 3. The van der Waals surface area contributed by atoms with Gasteiger partial charge >= 0.3 is 11.9 Å². The zero-order valence-corrected chi connectivity index (χ0v) is 12.5. The van der Waals surface area contributed by atoms with E-state index in [4.69, 9.17) is 0 Å². The third kappa shape index (κ3) is 4.86. The van der Waals surface area contributed by atoms with Gasteiger partial charge in [-0.2, -0.15) is 0 Å². The zero-order chi connectivity index (χ0) is 15.9. The number of benzene rings is 1. The van der Waals surface area contributed by atoms with E-state index in [1.165, 1.54) is 0 Å². The van der Waals surface area contributed by atoms with Crippen LogP contribution in [-0.4, -0.2) is 34.2 Å². The SMILES string of the molecule is CC(C)CC(NCCCc1ccccc1)(C(=O)O)C(=O)O. The highest BCUT2D eigenvalue weighted by molar-refractivity contribution is 6.03. The molecule has 3 N–H and O–H groups in total. The maximum atomic E-state index is 11.4. The fourth-order valence-corrected chi connectivity index (χ4v) is 2.34. The van der Waals surface area contributed by atoms with Gasteiger partial charge in [0.25, 0.3) is 0 Å². The van der Waals surface area contributed by atoms with Crippen molar-refractivity contribution in [3.05, 3.63) is 35.9 Å². The van der Waals surface area contributed by atoms with E-state index in [9.17, 15) is 19.8 Å². The molecule has 1 aromatic carbocycles. The highest BCUT2D eigenvalue weighted by Crippen LogP contribution is 2.18. The topological polar surface area (TPSA) is 86.6 Å². The number of carbonyl (C=O) groups is 2. The number of nitrogens with one attached hydrogen (secondary N) is 1. The lowest BCUT2D eigenvalue weighted by molar-refractivity contribution is -0.160. The maximum absolute atomic E-state index is 11.4. The first-order valence-corrected chi connectivity index (χ1v) is 7.14. The first-order valence-electron chi connectivity index (χ1n) is 7.14. The van der Waals surface area contributed by atoms with Crippen LogP contribution in [0.2, 0.25) is 0 Å². The Morgan fingerprint density at radius 2 is 1.71 bits per heavy atom. The molecule has 0 heterocycles. The normalized spacial score (nSPS) is 11.6. The van der Waals surface area contributed by atoms with Crippen molar-refractivity contribution in [3.8, 4) is 0 Å². The minimum Gasteiger partial charge on any atom is -0.479 e. The smallest absolute Gasteiger partial charge is 0.335 e. The van der Waals surface area contributed by atoms with E-state index in [-0.39, 0.29) is 12.3 Å². The molecule has 21 heavy (non-hydrogen) atoms. The second kappa shape index (κ2) is 7.78. The molecule has 0 aliphatic rings. The van der Waals surface area contributed by atoms with Gasteiger partial charge in [-0.3, -0.25) is 5.32 Å². The van der Waals surface area contributed by atoms with Crippen LogP contribution in [0.1, 0.15) is 32.3 Å². The molecule has 0 saturated carbocycles. The van der Waals surface area contributed by atoms with Crippen LogP contribution in [0, 0.1) is 5.92 Å². The van der Waals surface area contributed by atoms with E-state index >= 15 is 0 Å². The number of aliphatic carboxylic acids is 2. The second-order valence-electron chi connectivity index (χ2n) is 5.63. The van der Waals surface area contributed by atoms with Crippen LogP contribution < -0.4 is 5.32 Å². The van der Waals surface area contributed by atoms with Crippen molar-refractivity contribution >= 4 is 11.9 Å². The third-order valence-electron chi connectivity index (χ3n) is 3.36. The number of aryl methyl sites for hydroxylation is 1. The highest BCUT2D eigenvalue weighted by atomic mass is 16.4. The van der Waals surface area contributed by atoms with Crippen LogP contribution in [0.3, 0.4) is 0 Å². The Kier molecular flexibility index (Phi) is 6.37. The second-order valence-corrected chi connectivity index (χ2v) is 5.63. The summed E-state index contributed by atoms with van der Waals surface area (Å²) in [7, 11) is 0. The lowest BCUT2D eigenvalue weighted by Crippen LogP contribution is -2.59. The number of carboxylic acids is 2. The predicted molar refractivity (Wildman–Crippen MR) is 80.2 cm³/mol. The summed E-state index contributed by atoms with van der Waals surface area (Å²) in [6, 6.07) is 9.82. The minimum atomic E-state index is -1.90. The van der Waals surface area contributed by atoms with E-state index in [1.807, 2.05) is 44.2 Å². The fraction of sp³-hybridized carbons (Fsp3) is 0.500. The molecule has 116 valence electrons. The van der Waals surface area contributed by atoms with Gasteiger partial charge in [0.2, 0.25) is 5.54 Å². The van der Waals surface area contributed by atoms with Gasteiger partial charge in [-0.1, -0.05) is 44.2 Å². The summed E-state index contributed by atoms with van der Waals surface area (Å²) < 4.78 is 0. The average molecular weight is 293 g/mol. The monoisotopic (exact) mass is 293 g/mol. The van der Waals surface area contributed by atoms with E-state index in [0.717, 1.165) is 12.0 Å². The largest absolute Gasteiger partial charge is 0.479 e. The Labute approximate surface area is 125 Å². The molecule has 5 heteroatoms. The van der Waals surface area contributed by atoms with Crippen LogP contribution in [0.25, 0.3) is 0 Å². The summed E-state index contributed by atoms with van der Waals surface area (Å²) in [6.07, 6.45) is 1.53. The summed E-state index contributed by atoms with van der Waals surface area (Å²) in [5.74, 6) is -2.69. The summed E-state index contributed by atoms with van der Waals surface area (Å²) in [6.45, 7) is 3.97. The predicted octanol–water partition coefficient (Wildman–Crippen LogP) is 2.16. The molecule has 0 aromatic heterocycles. The number of carboxylic acid groups (broad SMARTS) is 2. The Morgan fingerprint density at radius 1 is 1.14 bits per heavy atom. The van der Waals surface area contributed by atoms with E-state index in [1.54, 1.807) is 0 Å². The molecule has 0 fully saturated rings. The molecule has 1 aromatic rings. The quantitative estimate of drug-likeness (QED) is 0.480. The molecule has 0 amide bonds. The lowest BCUT2D eigenvalue weighted by atomic mass is 9.88. The van der Waals surface area contributed by atoms with Crippen molar-refractivity contribution < 1.29 is 19.8 Å². The minimum absolute atomic E-state index is 0.0289. The van der Waals surface area contributed by atoms with Gasteiger partial charge in [0.05, 0.1) is 0 Å². The first-order chi connectivity index (χ1) is 9.88. The Bertz CT molecular complexity index is 456. The van der Waals surface area contributed by atoms with Gasteiger partial charge in [0.1, 0.15) is 0 Å². The highest BCUT2D eigenvalue weighted by Gasteiger charge is 2.46. The van der Waals surface area contributed by atoms with Crippen LogP contribution in [0.5, 0.6) is 0 Å². The van der Waals surface area contributed by atoms with E-state index in [2.05, 4.69) is 5.32 Å². The Morgan fingerprint density at radius 3 is 2.19 bits per heavy atom. The van der Waals surface area contributed by atoms with Crippen molar-refractivity contribution in [2.45, 2.75) is 38.6 Å². The summed E-state index contributed by atoms with van der Waals surface area (Å²) in [4.78, 5) is 22.8. The van der Waals surface area contributed by atoms with Gasteiger partial charge in [-0.25, -0.2) is 9.59 Å². The van der Waals surface area contributed by atoms with Crippen LogP contribution >= 0.6 is 0 Å². The molecule has 0 saturated heterocycles. The molecule has 0 radical (unpaired) electrons. The molecular formula is C16H23NO4. The average Bonchev–Trinajstić information content (AvgIpc) is 2.42. The molecule has 5 nitrogen and oxygen atoms in total. The molecule has 0 atom stereocenters. The van der Waals surface area contributed by atoms with Crippen LogP contribution in [0.4, 0.5) is 0 Å². The van der Waals surface area contributed by atoms with Crippen molar-refractivity contribution in [2.75, 3.05) is 6.54 Å². The first kappa shape index (κ1) is 17.2. The van der Waals surface area contributed by atoms with Gasteiger partial charge in [-0.05, 0) is 37.3 Å². The molecule has 0 bridgehead atoms. The molecule has 0 spiro atoms. The Hall–Kier alpha value is -1.88. The van der Waals surface area contributed by atoms with Crippen molar-refractivity contribution in [3.63, 3.8) is 0 Å². The van der Waals surface area contributed by atoms with Gasteiger partial charge in [0.15, 0.2) is 0 Å². The van der Waals surface area contributed by atoms with E-state index in [0.29, 0.717) is 13.0 Å². The standard InChI is InChI=1S/C16H23NO4/c1-12(2)11-16(14(18)19,15(20)21)17-10-6-9-13-7-4-3-5-8-13/h3-5,7-8,12,17H,6,9-11H2,1-2H3,(H,18,19)(H,20,21). The molecule has 0 aliphatic carbocycles. The fourth-order valence-electron chi connectivity index (χ4n) is 2.34. The van der Waals surface area contributed by atoms with Crippen molar-refractivity contribution in [2.24, 2.45) is 5.92 Å². The van der Waals surface area contributed by atoms with Crippen LogP contribution in [-0.2, 0) is 16.0 Å². The van der Waals surface area contributed by atoms with E-state index < -0.39 is 17.5 Å². The maximum Gasteiger partial charge on any atom is 0.335 e.